The molecule has 0 rings (SSSR count). The lowest BCUT2D eigenvalue weighted by atomic mass is 10.5. The third kappa shape index (κ3) is 7.41. The van der Waals surface area contributed by atoms with Gasteiger partial charge in [-0.25, -0.2) is 9.59 Å². The number of ether oxygens (including phenoxy) is 1. The maximum atomic E-state index is 10.8. The first-order valence-corrected chi connectivity index (χ1v) is 7.13. The molecule has 0 saturated carbocycles. The predicted octanol–water partition coefficient (Wildman–Crippen LogP) is 2.11. The highest BCUT2D eigenvalue weighted by Crippen LogP contribution is 1.93. The van der Waals surface area contributed by atoms with Crippen LogP contribution < -0.4 is 0 Å². The molecule has 0 bridgehead atoms. The summed E-state index contributed by atoms with van der Waals surface area (Å²) in [5.74, 6) is 0. The standard InChI is InChI=1S/C7H14N2O4Si/c1-4-5-12-6(10)8-9-7(11)13-14(2)3/h14H,4-5H2,1-3H3. The number of hydrogen-bond acceptors (Lipinski definition) is 4. The molecule has 14 heavy (non-hydrogen) atoms. The van der Waals surface area contributed by atoms with E-state index < -0.39 is 21.2 Å². The van der Waals surface area contributed by atoms with E-state index in [4.69, 9.17) is 4.43 Å². The molecule has 0 radical (unpaired) electrons. The molecule has 0 aromatic heterocycles. The first-order valence-electron chi connectivity index (χ1n) is 4.35. The Bertz CT molecular complexity index is 230. The molecular formula is C7H14N2O4Si. The van der Waals surface area contributed by atoms with Crippen molar-refractivity contribution in [3.63, 3.8) is 0 Å². The minimum absolute atomic E-state index is 0.270. The summed E-state index contributed by atoms with van der Waals surface area (Å²) in [6, 6.07) is 0. The van der Waals surface area contributed by atoms with Crippen LogP contribution in [-0.2, 0) is 9.16 Å². The van der Waals surface area contributed by atoms with E-state index in [1.807, 2.05) is 20.0 Å². The molecule has 7 heteroatoms. The Morgan fingerprint density at radius 1 is 1.21 bits per heavy atom. The largest absolute Gasteiger partial charge is 0.504 e. The molecule has 0 atom stereocenters. The summed E-state index contributed by atoms with van der Waals surface area (Å²) in [6.45, 7) is 5.74. The van der Waals surface area contributed by atoms with Crippen LogP contribution in [0.15, 0.2) is 10.2 Å². The second-order valence-electron chi connectivity index (χ2n) is 2.75. The number of rotatable bonds is 3. The van der Waals surface area contributed by atoms with Gasteiger partial charge in [0.05, 0.1) is 6.61 Å². The molecule has 0 aromatic carbocycles. The Hall–Kier alpha value is -1.24. The first kappa shape index (κ1) is 12.8. The second-order valence-corrected chi connectivity index (χ2v) is 5.08. The van der Waals surface area contributed by atoms with Crippen LogP contribution >= 0.6 is 0 Å². The maximum absolute atomic E-state index is 10.8. The van der Waals surface area contributed by atoms with Crippen molar-refractivity contribution in [1.29, 1.82) is 0 Å². The fourth-order valence-electron chi connectivity index (χ4n) is 0.525. The normalized spacial score (nSPS) is 10.6. The summed E-state index contributed by atoms with van der Waals surface area (Å²) in [4.78, 5) is 21.5. The number of azo groups is 1. The van der Waals surface area contributed by atoms with Crippen LogP contribution in [0.4, 0.5) is 9.59 Å². The van der Waals surface area contributed by atoms with Gasteiger partial charge in [-0.1, -0.05) is 17.2 Å². The number of nitrogens with zero attached hydrogens (tertiary/aromatic N) is 2. The molecule has 80 valence electrons. The van der Waals surface area contributed by atoms with Crippen molar-refractivity contribution in [3.05, 3.63) is 0 Å². The zero-order valence-corrected chi connectivity index (χ0v) is 9.67. The molecule has 0 fully saturated rings. The van der Waals surface area contributed by atoms with Crippen LogP contribution in [0.2, 0.25) is 13.1 Å². The van der Waals surface area contributed by atoms with Gasteiger partial charge < -0.3 is 9.16 Å². The highest BCUT2D eigenvalue weighted by molar-refractivity contribution is 6.50. The van der Waals surface area contributed by atoms with E-state index in [2.05, 4.69) is 15.0 Å². The maximum Gasteiger partial charge on any atom is 0.452 e. The molecule has 2 amide bonds. The third-order valence-electron chi connectivity index (χ3n) is 0.979. The Morgan fingerprint density at radius 3 is 2.29 bits per heavy atom. The molecule has 0 spiro atoms. The van der Waals surface area contributed by atoms with Gasteiger partial charge in [0.1, 0.15) is 0 Å². The molecule has 0 unspecified atom stereocenters. The Kier molecular flexibility index (Phi) is 6.55. The van der Waals surface area contributed by atoms with Crippen molar-refractivity contribution in [1.82, 2.24) is 0 Å². The summed E-state index contributed by atoms with van der Waals surface area (Å²) in [7, 11) is -1.47. The Morgan fingerprint density at radius 2 is 1.79 bits per heavy atom. The summed E-state index contributed by atoms with van der Waals surface area (Å²) < 4.78 is 9.29. The molecule has 0 N–H and O–H groups in total. The van der Waals surface area contributed by atoms with Gasteiger partial charge >= 0.3 is 12.2 Å². The minimum Gasteiger partial charge on any atom is -0.504 e. The summed E-state index contributed by atoms with van der Waals surface area (Å²) in [5.41, 5.74) is 0. The van der Waals surface area contributed by atoms with Crippen molar-refractivity contribution in [3.8, 4) is 0 Å². The Balaban J connectivity index is 3.79. The third-order valence-corrected chi connectivity index (χ3v) is 1.65. The SMILES string of the molecule is CCCOC(=O)N=NC(=O)O[SiH](C)C. The van der Waals surface area contributed by atoms with Crippen LogP contribution in [0.5, 0.6) is 0 Å². The topological polar surface area (TPSA) is 77.3 Å². The monoisotopic (exact) mass is 218 g/mol. The van der Waals surface area contributed by atoms with E-state index in [-0.39, 0.29) is 6.61 Å². The highest BCUT2D eigenvalue weighted by atomic mass is 28.3. The average Bonchev–Trinajstić information content (AvgIpc) is 2.10. The molecule has 0 heterocycles. The number of carbonyl (C=O) groups excluding carboxylic acids is 2. The van der Waals surface area contributed by atoms with Crippen molar-refractivity contribution in [2.24, 2.45) is 10.2 Å². The summed E-state index contributed by atoms with van der Waals surface area (Å²) in [6.07, 6.45) is -1.00. The lowest BCUT2D eigenvalue weighted by Gasteiger charge is -2.01. The van der Waals surface area contributed by atoms with Gasteiger partial charge in [0.15, 0.2) is 0 Å². The van der Waals surface area contributed by atoms with Crippen LogP contribution in [0.25, 0.3) is 0 Å². The Labute approximate surface area is 84.0 Å². The lowest BCUT2D eigenvalue weighted by molar-refractivity contribution is 0.154. The second kappa shape index (κ2) is 7.19. The van der Waals surface area contributed by atoms with Gasteiger partial charge in [0.25, 0.3) is 0 Å². The smallest absolute Gasteiger partial charge is 0.452 e. The first-order chi connectivity index (χ1) is 6.56. The molecule has 0 aliphatic rings. The van der Waals surface area contributed by atoms with Gasteiger partial charge in [-0.05, 0) is 19.5 Å². The van der Waals surface area contributed by atoms with Crippen molar-refractivity contribution in [2.45, 2.75) is 26.4 Å². The van der Waals surface area contributed by atoms with E-state index in [9.17, 15) is 9.59 Å². The van der Waals surface area contributed by atoms with E-state index >= 15 is 0 Å². The van der Waals surface area contributed by atoms with Gasteiger partial charge in [0, 0.05) is 0 Å². The highest BCUT2D eigenvalue weighted by Gasteiger charge is 2.05. The zero-order valence-electron chi connectivity index (χ0n) is 8.52. The summed E-state index contributed by atoms with van der Waals surface area (Å²) in [5, 5.41) is 6.07. The van der Waals surface area contributed by atoms with Crippen molar-refractivity contribution < 1.29 is 18.8 Å². The van der Waals surface area contributed by atoms with Crippen LogP contribution in [0, 0.1) is 0 Å². The van der Waals surface area contributed by atoms with Crippen molar-refractivity contribution in [2.75, 3.05) is 6.61 Å². The van der Waals surface area contributed by atoms with Gasteiger partial charge in [0.2, 0.25) is 9.04 Å². The molecule has 0 aliphatic heterocycles. The van der Waals surface area contributed by atoms with Crippen LogP contribution in [-0.4, -0.2) is 27.8 Å². The van der Waals surface area contributed by atoms with Gasteiger partial charge in [-0.2, -0.15) is 0 Å². The minimum atomic E-state index is -1.47. The zero-order chi connectivity index (χ0) is 11.0. The number of amides is 2. The fraction of sp³-hybridized carbons (Fsp3) is 0.714. The van der Waals surface area contributed by atoms with Gasteiger partial charge in [-0.15, -0.1) is 0 Å². The number of hydrogen-bond donors (Lipinski definition) is 0. The quantitative estimate of drug-likeness (QED) is 0.537. The van der Waals surface area contributed by atoms with E-state index in [0.717, 1.165) is 0 Å². The van der Waals surface area contributed by atoms with E-state index in [1.165, 1.54) is 0 Å². The predicted molar refractivity (Wildman–Crippen MR) is 51.9 cm³/mol. The molecular weight excluding hydrogens is 204 g/mol. The van der Waals surface area contributed by atoms with Crippen LogP contribution in [0.3, 0.4) is 0 Å². The molecule has 0 aliphatic carbocycles. The van der Waals surface area contributed by atoms with Crippen molar-refractivity contribution >= 4 is 21.2 Å². The summed E-state index contributed by atoms with van der Waals surface area (Å²) >= 11 is 0. The van der Waals surface area contributed by atoms with E-state index in [0.29, 0.717) is 6.42 Å². The fourth-order valence-corrected chi connectivity index (χ4v) is 0.976. The lowest BCUT2D eigenvalue weighted by Crippen LogP contribution is -2.11. The molecule has 0 aromatic rings. The molecule has 0 saturated heterocycles. The number of carbonyl (C=O) groups is 2. The van der Waals surface area contributed by atoms with Crippen LogP contribution in [0.1, 0.15) is 13.3 Å². The average molecular weight is 218 g/mol. The van der Waals surface area contributed by atoms with E-state index in [1.54, 1.807) is 0 Å². The van der Waals surface area contributed by atoms with Gasteiger partial charge in [-0.3, -0.25) is 0 Å². The molecule has 6 nitrogen and oxygen atoms in total.